The van der Waals surface area contributed by atoms with Gasteiger partial charge in [0, 0.05) is 6.54 Å². The van der Waals surface area contributed by atoms with E-state index in [1.165, 1.54) is 25.9 Å². The molecular weight excluding hydrogens is 342 g/mol. The Balaban J connectivity index is 1.59. The van der Waals surface area contributed by atoms with Gasteiger partial charge in [0.05, 0.1) is 5.69 Å². The summed E-state index contributed by atoms with van der Waals surface area (Å²) in [4.78, 5) is 28.7. The fourth-order valence-corrected chi connectivity index (χ4v) is 3.58. The van der Waals surface area contributed by atoms with Gasteiger partial charge in [0.2, 0.25) is 5.91 Å². The second-order valence-corrected chi connectivity index (χ2v) is 8.45. The normalized spacial score (nSPS) is 17.6. The highest BCUT2D eigenvalue weighted by Gasteiger charge is 2.29. The van der Waals surface area contributed by atoms with Crippen LogP contribution in [0.5, 0.6) is 5.75 Å². The van der Waals surface area contributed by atoms with Gasteiger partial charge < -0.3 is 15.0 Å². The minimum absolute atomic E-state index is 0.0237. The van der Waals surface area contributed by atoms with Crippen molar-refractivity contribution < 1.29 is 14.3 Å². The summed E-state index contributed by atoms with van der Waals surface area (Å²) in [5.74, 6) is 0.351. The Bertz CT molecular complexity index is 690. The molecule has 2 aliphatic rings. The predicted molar refractivity (Wildman–Crippen MR) is 106 cm³/mol. The van der Waals surface area contributed by atoms with Crippen LogP contribution in [-0.4, -0.2) is 56.0 Å². The molecule has 0 saturated carbocycles. The molecular formula is C21H31N3O3. The Morgan fingerprint density at radius 2 is 1.96 bits per heavy atom. The summed E-state index contributed by atoms with van der Waals surface area (Å²) < 4.78 is 5.54. The molecule has 1 fully saturated rings. The highest BCUT2D eigenvalue weighted by Crippen LogP contribution is 2.36. The molecule has 2 heterocycles. The number of hydrogen-bond donors (Lipinski definition) is 1. The molecule has 0 aromatic heterocycles. The van der Waals surface area contributed by atoms with Crippen LogP contribution >= 0.6 is 0 Å². The summed E-state index contributed by atoms with van der Waals surface area (Å²) in [5, 5.41) is 2.95. The Labute approximate surface area is 161 Å². The van der Waals surface area contributed by atoms with Gasteiger partial charge in [0.25, 0.3) is 5.91 Å². The number of rotatable bonds is 6. The smallest absolute Gasteiger partial charge is 0.265 e. The van der Waals surface area contributed by atoms with E-state index in [1.807, 2.05) is 18.2 Å². The van der Waals surface area contributed by atoms with E-state index in [2.05, 4.69) is 31.0 Å². The lowest BCUT2D eigenvalue weighted by atomic mass is 9.86. The number of carbonyl (C=O) groups excluding carboxylic acids is 2. The molecule has 1 aromatic carbocycles. The van der Waals surface area contributed by atoms with Gasteiger partial charge in [0.15, 0.2) is 6.61 Å². The fraction of sp³-hybridized carbons (Fsp3) is 0.619. The number of anilines is 1. The SMILES string of the molecule is CC(C)(C)c1ccc2c(c1)N(CC(=O)NCCCN1CCCC1)C(=O)CO2. The zero-order valence-corrected chi connectivity index (χ0v) is 16.7. The first-order valence-corrected chi connectivity index (χ1v) is 9.91. The molecule has 6 nitrogen and oxygen atoms in total. The molecule has 27 heavy (non-hydrogen) atoms. The van der Waals surface area contributed by atoms with Gasteiger partial charge >= 0.3 is 0 Å². The van der Waals surface area contributed by atoms with Crippen molar-refractivity contribution >= 4 is 17.5 Å². The Morgan fingerprint density at radius 1 is 1.22 bits per heavy atom. The number of benzene rings is 1. The monoisotopic (exact) mass is 373 g/mol. The van der Waals surface area contributed by atoms with Crippen molar-refractivity contribution in [1.29, 1.82) is 0 Å². The van der Waals surface area contributed by atoms with Crippen LogP contribution in [0.1, 0.15) is 45.6 Å². The van der Waals surface area contributed by atoms with Crippen LogP contribution in [0.3, 0.4) is 0 Å². The van der Waals surface area contributed by atoms with Crippen LogP contribution in [0.4, 0.5) is 5.69 Å². The minimum atomic E-state index is -0.180. The maximum absolute atomic E-state index is 12.4. The van der Waals surface area contributed by atoms with Gasteiger partial charge in [-0.05, 0) is 62.0 Å². The van der Waals surface area contributed by atoms with Crippen molar-refractivity contribution in [3.8, 4) is 5.75 Å². The number of ether oxygens (including phenoxy) is 1. The number of nitrogens with zero attached hydrogens (tertiary/aromatic N) is 2. The molecule has 0 aliphatic carbocycles. The molecule has 0 spiro atoms. The molecule has 1 aromatic rings. The van der Waals surface area contributed by atoms with Crippen LogP contribution in [0.2, 0.25) is 0 Å². The van der Waals surface area contributed by atoms with Crippen LogP contribution in [0.25, 0.3) is 0 Å². The molecule has 3 rings (SSSR count). The van der Waals surface area contributed by atoms with Crippen LogP contribution in [0, 0.1) is 0 Å². The third-order valence-electron chi connectivity index (χ3n) is 5.24. The minimum Gasteiger partial charge on any atom is -0.482 e. The second kappa shape index (κ2) is 8.30. The first-order valence-electron chi connectivity index (χ1n) is 9.91. The average molecular weight is 373 g/mol. The lowest BCUT2D eigenvalue weighted by molar-refractivity contribution is -0.125. The standard InChI is InChI=1S/C21H31N3O3/c1-21(2,3)16-7-8-18-17(13-16)24(20(26)15-27-18)14-19(25)22-9-6-12-23-10-4-5-11-23/h7-8,13H,4-6,9-12,14-15H2,1-3H3,(H,22,25). The number of likely N-dealkylation sites (tertiary alicyclic amines) is 1. The van der Waals surface area contributed by atoms with E-state index < -0.39 is 0 Å². The summed E-state index contributed by atoms with van der Waals surface area (Å²) >= 11 is 0. The fourth-order valence-electron chi connectivity index (χ4n) is 3.58. The largest absolute Gasteiger partial charge is 0.482 e. The number of amides is 2. The van der Waals surface area contributed by atoms with E-state index >= 15 is 0 Å². The zero-order chi connectivity index (χ0) is 19.4. The predicted octanol–water partition coefficient (Wildman–Crippen LogP) is 2.31. The Morgan fingerprint density at radius 3 is 2.67 bits per heavy atom. The van der Waals surface area contributed by atoms with Crippen molar-refractivity contribution in [2.45, 2.75) is 45.4 Å². The molecule has 0 bridgehead atoms. The van der Waals surface area contributed by atoms with E-state index in [0.717, 1.165) is 18.5 Å². The Kier molecular flexibility index (Phi) is 6.05. The van der Waals surface area contributed by atoms with Gasteiger partial charge in [0.1, 0.15) is 12.3 Å². The molecule has 0 atom stereocenters. The first kappa shape index (κ1) is 19.7. The molecule has 0 unspecified atom stereocenters. The number of carbonyl (C=O) groups is 2. The molecule has 2 aliphatic heterocycles. The average Bonchev–Trinajstić information content (AvgIpc) is 3.13. The van der Waals surface area contributed by atoms with Crippen molar-refractivity contribution in [2.75, 3.05) is 44.2 Å². The lowest BCUT2D eigenvalue weighted by Crippen LogP contribution is -2.45. The third-order valence-corrected chi connectivity index (χ3v) is 5.24. The molecule has 1 N–H and O–H groups in total. The maximum atomic E-state index is 12.4. The first-order chi connectivity index (χ1) is 12.8. The summed E-state index contributed by atoms with van der Waals surface area (Å²) in [6.45, 7) is 10.4. The van der Waals surface area contributed by atoms with Crippen molar-refractivity contribution in [1.82, 2.24) is 10.2 Å². The maximum Gasteiger partial charge on any atom is 0.265 e. The lowest BCUT2D eigenvalue weighted by Gasteiger charge is -2.31. The molecule has 1 saturated heterocycles. The van der Waals surface area contributed by atoms with Gasteiger partial charge in [-0.3, -0.25) is 14.5 Å². The quantitative estimate of drug-likeness (QED) is 0.778. The number of nitrogens with one attached hydrogen (secondary N) is 1. The van der Waals surface area contributed by atoms with Crippen LogP contribution in [0.15, 0.2) is 18.2 Å². The number of hydrogen-bond acceptors (Lipinski definition) is 4. The summed E-state index contributed by atoms with van der Waals surface area (Å²) in [6, 6.07) is 5.88. The Hall–Kier alpha value is -2.08. The third kappa shape index (κ3) is 5.01. The highest BCUT2D eigenvalue weighted by atomic mass is 16.5. The van der Waals surface area contributed by atoms with E-state index in [4.69, 9.17) is 4.74 Å². The van der Waals surface area contributed by atoms with Crippen molar-refractivity contribution in [3.05, 3.63) is 23.8 Å². The molecule has 2 amide bonds. The van der Waals surface area contributed by atoms with Gasteiger partial charge in [-0.25, -0.2) is 0 Å². The van der Waals surface area contributed by atoms with Crippen molar-refractivity contribution in [3.63, 3.8) is 0 Å². The zero-order valence-electron chi connectivity index (χ0n) is 16.7. The van der Waals surface area contributed by atoms with E-state index in [0.29, 0.717) is 18.0 Å². The van der Waals surface area contributed by atoms with E-state index in [-0.39, 0.29) is 30.4 Å². The number of fused-ring (bicyclic) bond motifs is 1. The van der Waals surface area contributed by atoms with Crippen molar-refractivity contribution in [2.24, 2.45) is 0 Å². The van der Waals surface area contributed by atoms with E-state index in [1.54, 1.807) is 4.90 Å². The summed E-state index contributed by atoms with van der Waals surface area (Å²) in [6.07, 6.45) is 3.50. The summed E-state index contributed by atoms with van der Waals surface area (Å²) in [7, 11) is 0. The van der Waals surface area contributed by atoms with Crippen LogP contribution in [-0.2, 0) is 15.0 Å². The second-order valence-electron chi connectivity index (χ2n) is 8.45. The summed E-state index contributed by atoms with van der Waals surface area (Å²) in [5.41, 5.74) is 1.75. The highest BCUT2D eigenvalue weighted by molar-refractivity contribution is 6.02. The van der Waals surface area contributed by atoms with Gasteiger partial charge in [-0.2, -0.15) is 0 Å². The van der Waals surface area contributed by atoms with Gasteiger partial charge in [-0.15, -0.1) is 0 Å². The van der Waals surface area contributed by atoms with Gasteiger partial charge in [-0.1, -0.05) is 26.8 Å². The molecule has 0 radical (unpaired) electrons. The van der Waals surface area contributed by atoms with E-state index in [9.17, 15) is 9.59 Å². The molecule has 148 valence electrons. The molecule has 6 heteroatoms. The topological polar surface area (TPSA) is 61.9 Å². The van der Waals surface area contributed by atoms with Crippen LogP contribution < -0.4 is 15.0 Å².